The van der Waals surface area contributed by atoms with Crippen LogP contribution >= 0.6 is 11.3 Å². The number of ether oxygens (including phenoxy) is 1. The molecule has 0 radical (unpaired) electrons. The lowest BCUT2D eigenvalue weighted by Crippen LogP contribution is -2.39. The highest BCUT2D eigenvalue weighted by molar-refractivity contribution is 7.14. The summed E-state index contributed by atoms with van der Waals surface area (Å²) in [7, 11) is 0. The quantitative estimate of drug-likeness (QED) is 0.822. The van der Waals surface area contributed by atoms with Gasteiger partial charge in [-0.2, -0.15) is 0 Å². The van der Waals surface area contributed by atoms with E-state index >= 15 is 0 Å². The van der Waals surface area contributed by atoms with Crippen LogP contribution in [-0.2, 0) is 16.0 Å². The average molecular weight is 363 g/mol. The maximum absolute atomic E-state index is 12.2. The molecule has 0 aliphatic carbocycles. The van der Waals surface area contributed by atoms with Crippen molar-refractivity contribution in [3.05, 3.63) is 34.7 Å². The molecule has 2 amide bonds. The second kappa shape index (κ2) is 7.79. The van der Waals surface area contributed by atoms with Crippen LogP contribution in [0.4, 0.5) is 5.13 Å². The summed E-state index contributed by atoms with van der Waals surface area (Å²) in [6.07, 6.45) is 2.63. The molecule has 134 valence electrons. The number of carbonyl (C=O) groups excluding carboxylic acids is 2. The van der Waals surface area contributed by atoms with Gasteiger partial charge in [-0.05, 0) is 26.3 Å². The predicted octanol–water partition coefficient (Wildman–Crippen LogP) is 2.38. The molecule has 0 spiro atoms. The van der Waals surface area contributed by atoms with Crippen LogP contribution < -0.4 is 10.6 Å². The maximum Gasteiger partial charge on any atom is 0.260 e. The topological polar surface area (TPSA) is 93.5 Å². The van der Waals surface area contributed by atoms with Gasteiger partial charge in [-0.25, -0.2) is 4.98 Å². The molecule has 3 rings (SSSR count). The number of carbonyl (C=O) groups is 2. The van der Waals surface area contributed by atoms with Gasteiger partial charge < -0.3 is 14.5 Å². The van der Waals surface area contributed by atoms with Crippen molar-refractivity contribution in [3.8, 4) is 0 Å². The van der Waals surface area contributed by atoms with Gasteiger partial charge in [0.15, 0.2) is 5.13 Å². The summed E-state index contributed by atoms with van der Waals surface area (Å²) in [6.45, 7) is 5.18. The molecule has 2 unspecified atom stereocenters. The molecule has 1 aliphatic heterocycles. The van der Waals surface area contributed by atoms with E-state index in [0.717, 1.165) is 13.0 Å². The first kappa shape index (κ1) is 17.6. The minimum atomic E-state index is -0.272. The van der Waals surface area contributed by atoms with Gasteiger partial charge in [-0.3, -0.25) is 14.9 Å². The molecule has 0 saturated carbocycles. The summed E-state index contributed by atoms with van der Waals surface area (Å²) >= 11 is 1.29. The fourth-order valence-corrected chi connectivity index (χ4v) is 3.47. The Morgan fingerprint density at radius 2 is 2.32 bits per heavy atom. The number of aromatic nitrogens is 1. The Labute approximate surface area is 149 Å². The molecular weight excluding hydrogens is 342 g/mol. The summed E-state index contributed by atoms with van der Waals surface area (Å²) < 4.78 is 10.5. The van der Waals surface area contributed by atoms with E-state index in [4.69, 9.17) is 9.15 Å². The van der Waals surface area contributed by atoms with Gasteiger partial charge >= 0.3 is 0 Å². The first-order valence-electron chi connectivity index (χ1n) is 8.20. The van der Waals surface area contributed by atoms with Crippen LogP contribution in [0.15, 0.2) is 22.1 Å². The predicted molar refractivity (Wildman–Crippen MR) is 93.7 cm³/mol. The van der Waals surface area contributed by atoms with Gasteiger partial charge in [0.1, 0.15) is 5.76 Å². The normalized spacial score (nSPS) is 18.1. The van der Waals surface area contributed by atoms with Crippen LogP contribution in [0, 0.1) is 12.8 Å². The molecule has 3 heterocycles. The minimum absolute atomic E-state index is 0.0757. The van der Waals surface area contributed by atoms with Crippen LogP contribution in [0.3, 0.4) is 0 Å². The van der Waals surface area contributed by atoms with E-state index in [1.54, 1.807) is 18.4 Å². The van der Waals surface area contributed by atoms with Gasteiger partial charge in [-0.15, -0.1) is 11.3 Å². The van der Waals surface area contributed by atoms with Crippen LogP contribution in [0.1, 0.15) is 35.2 Å². The van der Waals surface area contributed by atoms with Crippen LogP contribution in [-0.4, -0.2) is 36.1 Å². The lowest BCUT2D eigenvalue weighted by Gasteiger charge is -2.18. The van der Waals surface area contributed by atoms with Gasteiger partial charge in [0.25, 0.3) is 5.91 Å². The number of furan rings is 1. The average Bonchev–Trinajstić information content (AvgIpc) is 3.28. The Balaban J connectivity index is 1.52. The van der Waals surface area contributed by atoms with Crippen LogP contribution in [0.25, 0.3) is 0 Å². The molecule has 0 aromatic carbocycles. The summed E-state index contributed by atoms with van der Waals surface area (Å²) in [5, 5.41) is 7.96. The van der Waals surface area contributed by atoms with E-state index in [1.807, 2.05) is 6.92 Å². The van der Waals surface area contributed by atoms with Gasteiger partial charge in [0, 0.05) is 23.9 Å². The highest BCUT2D eigenvalue weighted by Gasteiger charge is 2.23. The van der Waals surface area contributed by atoms with Crippen molar-refractivity contribution in [1.29, 1.82) is 0 Å². The van der Waals surface area contributed by atoms with Gasteiger partial charge in [0.05, 0.1) is 30.5 Å². The molecule has 2 N–H and O–H groups in total. The molecule has 25 heavy (non-hydrogen) atoms. The number of hydrogen-bond acceptors (Lipinski definition) is 6. The smallest absolute Gasteiger partial charge is 0.260 e. The minimum Gasteiger partial charge on any atom is -0.469 e. The monoisotopic (exact) mass is 363 g/mol. The summed E-state index contributed by atoms with van der Waals surface area (Å²) in [5.74, 6) is 0.575. The van der Waals surface area contributed by atoms with Crippen LogP contribution in [0.5, 0.6) is 0 Å². The Bertz CT molecular complexity index is 749. The number of anilines is 1. The first-order valence-corrected chi connectivity index (χ1v) is 9.08. The largest absolute Gasteiger partial charge is 0.469 e. The molecule has 7 nitrogen and oxygen atoms in total. The van der Waals surface area contributed by atoms with Crippen molar-refractivity contribution in [2.24, 2.45) is 5.92 Å². The number of rotatable bonds is 6. The van der Waals surface area contributed by atoms with E-state index in [9.17, 15) is 9.59 Å². The second-order valence-corrected chi connectivity index (χ2v) is 7.00. The van der Waals surface area contributed by atoms with E-state index < -0.39 is 0 Å². The van der Waals surface area contributed by atoms with Gasteiger partial charge in [-0.1, -0.05) is 0 Å². The SMILES string of the molecule is Cc1occc1C(=O)Nc1nc(CC(=O)NC(C)C2CCOC2)cs1. The number of amides is 2. The van der Waals surface area contributed by atoms with E-state index in [2.05, 4.69) is 15.6 Å². The van der Waals surface area contributed by atoms with Crippen molar-refractivity contribution >= 4 is 28.3 Å². The molecular formula is C17H21N3O4S. The number of thiazole rings is 1. The maximum atomic E-state index is 12.2. The Morgan fingerprint density at radius 1 is 1.48 bits per heavy atom. The zero-order valence-corrected chi connectivity index (χ0v) is 15.0. The fourth-order valence-electron chi connectivity index (χ4n) is 2.76. The molecule has 1 saturated heterocycles. The Kier molecular flexibility index (Phi) is 5.50. The van der Waals surface area contributed by atoms with Crippen LogP contribution in [0.2, 0.25) is 0 Å². The second-order valence-electron chi connectivity index (χ2n) is 6.15. The van der Waals surface area contributed by atoms with E-state index in [1.165, 1.54) is 17.6 Å². The summed E-state index contributed by atoms with van der Waals surface area (Å²) in [5.41, 5.74) is 1.11. The molecule has 0 bridgehead atoms. The number of nitrogens with zero attached hydrogens (tertiary/aromatic N) is 1. The highest BCUT2D eigenvalue weighted by Crippen LogP contribution is 2.19. The highest BCUT2D eigenvalue weighted by atomic mass is 32.1. The summed E-state index contributed by atoms with van der Waals surface area (Å²) in [6, 6.07) is 1.69. The fraction of sp³-hybridized carbons (Fsp3) is 0.471. The number of nitrogens with one attached hydrogen (secondary N) is 2. The molecule has 2 atom stereocenters. The molecule has 2 aromatic rings. The van der Waals surface area contributed by atoms with Crippen molar-refractivity contribution in [3.63, 3.8) is 0 Å². The van der Waals surface area contributed by atoms with Crippen molar-refractivity contribution < 1.29 is 18.7 Å². The van der Waals surface area contributed by atoms with Crippen molar-refractivity contribution in [2.75, 3.05) is 18.5 Å². The third-order valence-electron chi connectivity index (χ3n) is 4.28. The zero-order valence-electron chi connectivity index (χ0n) is 14.2. The third kappa shape index (κ3) is 4.46. The zero-order chi connectivity index (χ0) is 17.8. The first-order chi connectivity index (χ1) is 12.0. The molecule has 2 aromatic heterocycles. The number of aryl methyl sites for hydroxylation is 1. The number of hydrogen-bond donors (Lipinski definition) is 2. The Morgan fingerprint density at radius 3 is 3.00 bits per heavy atom. The lowest BCUT2D eigenvalue weighted by molar-refractivity contribution is -0.121. The lowest BCUT2D eigenvalue weighted by atomic mass is 10.0. The third-order valence-corrected chi connectivity index (χ3v) is 5.08. The molecule has 1 fully saturated rings. The van der Waals surface area contributed by atoms with E-state index in [0.29, 0.717) is 34.7 Å². The molecule has 8 heteroatoms. The Hall–Kier alpha value is -2.19. The molecule has 1 aliphatic rings. The standard InChI is InChI=1S/C17H21N3O4S/c1-10(12-3-5-23-8-12)18-15(21)7-13-9-25-17(19-13)20-16(22)14-4-6-24-11(14)2/h4,6,9-10,12H,3,5,7-8H2,1-2H3,(H,18,21)(H,19,20,22). The van der Waals surface area contributed by atoms with Crippen molar-refractivity contribution in [1.82, 2.24) is 10.3 Å². The van der Waals surface area contributed by atoms with Gasteiger partial charge in [0.2, 0.25) is 5.91 Å². The van der Waals surface area contributed by atoms with E-state index in [-0.39, 0.29) is 24.3 Å². The van der Waals surface area contributed by atoms with Crippen molar-refractivity contribution in [2.45, 2.75) is 32.7 Å². The summed E-state index contributed by atoms with van der Waals surface area (Å²) in [4.78, 5) is 28.6.